The molecule has 0 radical (unpaired) electrons. The van der Waals surface area contributed by atoms with E-state index in [0.717, 1.165) is 54.7 Å². The van der Waals surface area contributed by atoms with Crippen LogP contribution < -0.4 is 4.90 Å². The van der Waals surface area contributed by atoms with Gasteiger partial charge in [0.2, 0.25) is 0 Å². The van der Waals surface area contributed by atoms with Gasteiger partial charge < -0.3 is 4.90 Å². The Labute approximate surface area is 199 Å². The molecule has 1 spiro atoms. The van der Waals surface area contributed by atoms with Crippen molar-refractivity contribution in [2.24, 2.45) is 0 Å². The summed E-state index contributed by atoms with van der Waals surface area (Å²) in [5, 5.41) is 0. The molecule has 164 valence electrons. The SMILES string of the molecule is Cc1ccc(CN2CCC3(CC2)CN(C(=O)c2cccc(Br)c2)c2ccc(C)cc23)cc1. The highest BCUT2D eigenvalue weighted by atomic mass is 79.9. The monoisotopic (exact) mass is 488 g/mol. The maximum absolute atomic E-state index is 13.5. The maximum atomic E-state index is 13.5. The quantitative estimate of drug-likeness (QED) is 0.434. The lowest BCUT2D eigenvalue weighted by Crippen LogP contribution is -2.45. The summed E-state index contributed by atoms with van der Waals surface area (Å²) in [4.78, 5) is 18.1. The first kappa shape index (κ1) is 21.4. The standard InChI is InChI=1S/C28H29BrN2O/c1-20-6-9-22(10-7-20)18-30-14-12-28(13-15-30)19-31(26-11-8-21(2)16-25(26)28)27(32)23-4-3-5-24(29)17-23/h3-11,16-17H,12-15,18-19H2,1-2H3. The Morgan fingerprint density at radius 3 is 2.38 bits per heavy atom. The van der Waals surface area contributed by atoms with Crippen LogP contribution in [0.4, 0.5) is 5.69 Å². The Hall–Kier alpha value is -2.43. The molecule has 5 rings (SSSR count). The number of rotatable bonds is 3. The van der Waals surface area contributed by atoms with Crippen LogP contribution in [-0.4, -0.2) is 30.4 Å². The van der Waals surface area contributed by atoms with Gasteiger partial charge in [-0.3, -0.25) is 9.69 Å². The lowest BCUT2D eigenvalue weighted by Gasteiger charge is -2.40. The van der Waals surface area contributed by atoms with Gasteiger partial charge >= 0.3 is 0 Å². The van der Waals surface area contributed by atoms with E-state index in [9.17, 15) is 4.79 Å². The molecular formula is C28H29BrN2O. The van der Waals surface area contributed by atoms with Gasteiger partial charge in [0.15, 0.2) is 0 Å². The van der Waals surface area contributed by atoms with Crippen molar-refractivity contribution in [3.8, 4) is 0 Å². The highest BCUT2D eigenvalue weighted by Gasteiger charge is 2.46. The summed E-state index contributed by atoms with van der Waals surface area (Å²) in [7, 11) is 0. The molecule has 2 aliphatic heterocycles. The maximum Gasteiger partial charge on any atom is 0.258 e. The zero-order valence-electron chi connectivity index (χ0n) is 18.8. The minimum absolute atomic E-state index is 0.0484. The number of benzene rings is 3. The first-order valence-electron chi connectivity index (χ1n) is 11.4. The van der Waals surface area contributed by atoms with E-state index in [4.69, 9.17) is 0 Å². The van der Waals surface area contributed by atoms with Crippen LogP contribution in [0, 0.1) is 13.8 Å². The van der Waals surface area contributed by atoms with E-state index in [0.29, 0.717) is 0 Å². The van der Waals surface area contributed by atoms with Crippen molar-refractivity contribution in [2.45, 2.75) is 38.6 Å². The van der Waals surface area contributed by atoms with Gasteiger partial charge in [-0.25, -0.2) is 0 Å². The topological polar surface area (TPSA) is 23.6 Å². The van der Waals surface area contributed by atoms with Gasteiger partial charge in [0, 0.05) is 34.2 Å². The number of likely N-dealkylation sites (tertiary alicyclic amines) is 1. The van der Waals surface area contributed by atoms with E-state index in [-0.39, 0.29) is 11.3 Å². The zero-order valence-corrected chi connectivity index (χ0v) is 20.4. The molecule has 3 aromatic carbocycles. The summed E-state index contributed by atoms with van der Waals surface area (Å²) in [6, 6.07) is 23.2. The molecule has 3 aromatic rings. The van der Waals surface area contributed by atoms with Gasteiger partial charge in [-0.2, -0.15) is 0 Å². The van der Waals surface area contributed by atoms with Gasteiger partial charge in [-0.05, 0) is 75.2 Å². The number of nitrogens with zero attached hydrogens (tertiary/aromatic N) is 2. The van der Waals surface area contributed by atoms with E-state index in [1.54, 1.807) is 0 Å². The van der Waals surface area contributed by atoms with Gasteiger partial charge in [-0.1, -0.05) is 69.5 Å². The molecule has 1 amide bonds. The molecule has 32 heavy (non-hydrogen) atoms. The van der Waals surface area contributed by atoms with Crippen LogP contribution in [0.1, 0.15) is 45.5 Å². The van der Waals surface area contributed by atoms with Crippen molar-refractivity contribution >= 4 is 27.5 Å². The number of hydrogen-bond acceptors (Lipinski definition) is 2. The molecule has 0 aliphatic carbocycles. The molecule has 0 unspecified atom stereocenters. The molecule has 0 aromatic heterocycles. The fourth-order valence-corrected chi connectivity index (χ4v) is 5.66. The van der Waals surface area contributed by atoms with Gasteiger partial charge in [0.25, 0.3) is 5.91 Å². The van der Waals surface area contributed by atoms with Crippen molar-refractivity contribution in [3.63, 3.8) is 0 Å². The number of carbonyl (C=O) groups excluding carboxylic acids is 1. The molecule has 0 bridgehead atoms. The van der Waals surface area contributed by atoms with Crippen LogP contribution in [0.25, 0.3) is 0 Å². The highest BCUT2D eigenvalue weighted by Crippen LogP contribution is 2.48. The van der Waals surface area contributed by atoms with Crippen LogP contribution in [0.2, 0.25) is 0 Å². The molecule has 2 heterocycles. The summed E-state index contributed by atoms with van der Waals surface area (Å²) < 4.78 is 0.936. The Morgan fingerprint density at radius 1 is 0.938 bits per heavy atom. The van der Waals surface area contributed by atoms with E-state index < -0.39 is 0 Å². The average molecular weight is 489 g/mol. The summed E-state index contributed by atoms with van der Waals surface area (Å²) >= 11 is 3.51. The Kier molecular flexibility index (Phi) is 5.68. The van der Waals surface area contributed by atoms with E-state index >= 15 is 0 Å². The molecular weight excluding hydrogens is 460 g/mol. The normalized spacial score (nSPS) is 17.5. The van der Waals surface area contributed by atoms with Crippen molar-refractivity contribution in [3.05, 3.63) is 99.0 Å². The van der Waals surface area contributed by atoms with Gasteiger partial charge in [0.05, 0.1) is 0 Å². The first-order chi connectivity index (χ1) is 15.4. The number of hydrogen-bond donors (Lipinski definition) is 0. The van der Waals surface area contributed by atoms with Gasteiger partial charge in [-0.15, -0.1) is 0 Å². The Bertz CT molecular complexity index is 1150. The largest absolute Gasteiger partial charge is 0.307 e. The second-order valence-electron chi connectivity index (χ2n) is 9.46. The van der Waals surface area contributed by atoms with E-state index in [1.807, 2.05) is 29.2 Å². The second kappa shape index (κ2) is 8.49. The van der Waals surface area contributed by atoms with Crippen LogP contribution in [0.5, 0.6) is 0 Å². The fraction of sp³-hybridized carbons (Fsp3) is 0.321. The number of anilines is 1. The molecule has 0 saturated carbocycles. The molecule has 0 atom stereocenters. The summed E-state index contributed by atoms with van der Waals surface area (Å²) in [6.07, 6.45) is 2.16. The number of fused-ring (bicyclic) bond motifs is 2. The zero-order chi connectivity index (χ0) is 22.3. The summed E-state index contributed by atoms with van der Waals surface area (Å²) in [5.74, 6) is 0.0929. The smallest absolute Gasteiger partial charge is 0.258 e. The predicted molar refractivity (Wildman–Crippen MR) is 134 cm³/mol. The van der Waals surface area contributed by atoms with Gasteiger partial charge in [0.1, 0.15) is 0 Å². The highest BCUT2D eigenvalue weighted by molar-refractivity contribution is 9.10. The number of halogens is 1. The molecule has 4 heteroatoms. The van der Waals surface area contributed by atoms with Crippen LogP contribution >= 0.6 is 15.9 Å². The lowest BCUT2D eigenvalue weighted by atomic mass is 9.74. The summed E-state index contributed by atoms with van der Waals surface area (Å²) in [5.41, 5.74) is 7.18. The molecule has 2 aliphatic rings. The van der Waals surface area contributed by atoms with E-state index in [2.05, 4.69) is 77.1 Å². The van der Waals surface area contributed by atoms with Crippen molar-refractivity contribution in [1.82, 2.24) is 4.90 Å². The molecule has 3 nitrogen and oxygen atoms in total. The third-order valence-corrected chi connectivity index (χ3v) is 7.62. The molecule has 1 saturated heterocycles. The molecule has 0 N–H and O–H groups in total. The Morgan fingerprint density at radius 2 is 1.66 bits per heavy atom. The van der Waals surface area contributed by atoms with E-state index in [1.165, 1.54) is 22.3 Å². The van der Waals surface area contributed by atoms with Crippen molar-refractivity contribution < 1.29 is 4.79 Å². The Balaban J connectivity index is 1.38. The second-order valence-corrected chi connectivity index (χ2v) is 10.4. The number of amides is 1. The number of piperidine rings is 1. The number of aryl methyl sites for hydroxylation is 2. The minimum atomic E-state index is 0.0484. The molecule has 1 fully saturated rings. The fourth-order valence-electron chi connectivity index (χ4n) is 5.26. The third-order valence-electron chi connectivity index (χ3n) is 7.13. The third kappa shape index (κ3) is 4.02. The van der Waals surface area contributed by atoms with Crippen LogP contribution in [0.3, 0.4) is 0 Å². The minimum Gasteiger partial charge on any atom is -0.307 e. The van der Waals surface area contributed by atoms with Crippen molar-refractivity contribution in [1.29, 1.82) is 0 Å². The van der Waals surface area contributed by atoms with Crippen LogP contribution in [-0.2, 0) is 12.0 Å². The predicted octanol–water partition coefficient (Wildman–Crippen LogP) is 6.26. The van der Waals surface area contributed by atoms with Crippen molar-refractivity contribution in [2.75, 3.05) is 24.5 Å². The van der Waals surface area contributed by atoms with Crippen LogP contribution in [0.15, 0.2) is 71.2 Å². The first-order valence-corrected chi connectivity index (χ1v) is 12.2. The lowest BCUT2D eigenvalue weighted by molar-refractivity contribution is 0.0975. The number of carbonyl (C=O) groups is 1. The summed E-state index contributed by atoms with van der Waals surface area (Å²) in [6.45, 7) is 8.17. The average Bonchev–Trinajstić information content (AvgIpc) is 3.10.